The van der Waals surface area contributed by atoms with Gasteiger partial charge >= 0.3 is 0 Å². The fourth-order valence-corrected chi connectivity index (χ4v) is 3.52. The van der Waals surface area contributed by atoms with Crippen LogP contribution in [-0.4, -0.2) is 9.78 Å². The maximum atomic E-state index is 4.78. The highest BCUT2D eigenvalue weighted by Gasteiger charge is 2.29. The van der Waals surface area contributed by atoms with Crippen molar-refractivity contribution in [1.29, 1.82) is 0 Å². The molecule has 0 aromatic carbocycles. The van der Waals surface area contributed by atoms with Crippen LogP contribution in [0, 0.1) is 13.8 Å². The van der Waals surface area contributed by atoms with Crippen LogP contribution in [0.2, 0.25) is 0 Å². The van der Waals surface area contributed by atoms with Gasteiger partial charge in [0.1, 0.15) is 4.60 Å². The SMILES string of the molecule is CCCCCCCC(C)(CCCC)n1nc(Br)c(C)c1C. The molecule has 0 aliphatic rings. The average molecular weight is 357 g/mol. The van der Waals surface area contributed by atoms with Crippen molar-refractivity contribution in [3.05, 3.63) is 15.9 Å². The number of hydrogen-bond acceptors (Lipinski definition) is 1. The highest BCUT2D eigenvalue weighted by atomic mass is 79.9. The Kier molecular flexibility index (Phi) is 8.00. The van der Waals surface area contributed by atoms with Crippen LogP contribution in [0.3, 0.4) is 0 Å². The molecule has 0 spiro atoms. The topological polar surface area (TPSA) is 17.8 Å². The molecule has 0 saturated carbocycles. The minimum atomic E-state index is 0.170. The van der Waals surface area contributed by atoms with Gasteiger partial charge in [0.25, 0.3) is 0 Å². The summed E-state index contributed by atoms with van der Waals surface area (Å²) >= 11 is 3.60. The van der Waals surface area contributed by atoms with Gasteiger partial charge in [0.2, 0.25) is 0 Å². The van der Waals surface area contributed by atoms with Crippen molar-refractivity contribution in [2.75, 3.05) is 0 Å². The Hall–Kier alpha value is -0.310. The number of halogens is 1. The Bertz CT molecular complexity index is 425. The lowest BCUT2D eigenvalue weighted by molar-refractivity contribution is 0.224. The van der Waals surface area contributed by atoms with Gasteiger partial charge in [0.05, 0.1) is 5.54 Å². The summed E-state index contributed by atoms with van der Waals surface area (Å²) in [6.07, 6.45) is 11.7. The van der Waals surface area contributed by atoms with E-state index in [0.29, 0.717) is 0 Å². The Morgan fingerprint density at radius 1 is 0.952 bits per heavy atom. The smallest absolute Gasteiger partial charge is 0.131 e. The molecule has 1 unspecified atom stereocenters. The summed E-state index contributed by atoms with van der Waals surface area (Å²) in [6, 6.07) is 0. The van der Waals surface area contributed by atoms with E-state index >= 15 is 0 Å². The van der Waals surface area contributed by atoms with E-state index in [9.17, 15) is 0 Å². The average Bonchev–Trinajstić information content (AvgIpc) is 2.73. The lowest BCUT2D eigenvalue weighted by atomic mass is 9.88. The van der Waals surface area contributed by atoms with Crippen LogP contribution in [0.5, 0.6) is 0 Å². The summed E-state index contributed by atoms with van der Waals surface area (Å²) in [6.45, 7) is 11.3. The first-order chi connectivity index (χ1) is 9.96. The van der Waals surface area contributed by atoms with Gasteiger partial charge in [-0.25, -0.2) is 0 Å². The van der Waals surface area contributed by atoms with Crippen molar-refractivity contribution in [1.82, 2.24) is 9.78 Å². The zero-order valence-corrected chi connectivity index (χ0v) is 16.2. The van der Waals surface area contributed by atoms with E-state index in [-0.39, 0.29) is 5.54 Å². The van der Waals surface area contributed by atoms with Crippen molar-refractivity contribution in [2.45, 2.75) is 97.9 Å². The summed E-state index contributed by atoms with van der Waals surface area (Å²) in [7, 11) is 0. The van der Waals surface area contributed by atoms with Crippen molar-refractivity contribution in [2.24, 2.45) is 0 Å². The molecule has 0 N–H and O–H groups in total. The van der Waals surface area contributed by atoms with Crippen LogP contribution in [-0.2, 0) is 5.54 Å². The second-order valence-electron chi connectivity index (χ2n) is 6.68. The van der Waals surface area contributed by atoms with Crippen molar-refractivity contribution in [3.8, 4) is 0 Å². The van der Waals surface area contributed by atoms with Crippen LogP contribution < -0.4 is 0 Å². The highest BCUT2D eigenvalue weighted by molar-refractivity contribution is 9.10. The van der Waals surface area contributed by atoms with Gasteiger partial charge in [-0.05, 0) is 49.5 Å². The predicted molar refractivity (Wildman–Crippen MR) is 96.0 cm³/mol. The van der Waals surface area contributed by atoms with Gasteiger partial charge in [-0.3, -0.25) is 4.68 Å². The molecule has 3 heteroatoms. The van der Waals surface area contributed by atoms with Gasteiger partial charge in [-0.1, -0.05) is 58.8 Å². The summed E-state index contributed by atoms with van der Waals surface area (Å²) < 4.78 is 3.30. The summed E-state index contributed by atoms with van der Waals surface area (Å²) in [5.41, 5.74) is 2.76. The van der Waals surface area contributed by atoms with Gasteiger partial charge in [-0.15, -0.1) is 0 Å². The molecule has 0 saturated heterocycles. The monoisotopic (exact) mass is 356 g/mol. The number of rotatable bonds is 10. The molecular formula is C18H33BrN2. The third kappa shape index (κ3) is 5.12. The molecule has 1 atom stereocenters. The van der Waals surface area contributed by atoms with E-state index in [4.69, 9.17) is 5.10 Å². The van der Waals surface area contributed by atoms with E-state index in [0.717, 1.165) is 4.60 Å². The zero-order chi connectivity index (χ0) is 15.9. The van der Waals surface area contributed by atoms with Crippen molar-refractivity contribution in [3.63, 3.8) is 0 Å². The molecule has 1 heterocycles. The highest BCUT2D eigenvalue weighted by Crippen LogP contribution is 2.33. The number of hydrogen-bond donors (Lipinski definition) is 0. The van der Waals surface area contributed by atoms with E-state index < -0.39 is 0 Å². The molecule has 122 valence electrons. The van der Waals surface area contributed by atoms with Crippen LogP contribution in [0.15, 0.2) is 4.60 Å². The number of nitrogens with zero attached hydrogens (tertiary/aromatic N) is 2. The fraction of sp³-hybridized carbons (Fsp3) is 0.833. The lowest BCUT2D eigenvalue weighted by Gasteiger charge is -2.32. The standard InChI is InChI=1S/C18H33BrN2/c1-6-8-10-11-12-14-18(5,13-9-7-2)21-16(4)15(3)17(19)20-21/h6-14H2,1-5H3. The summed E-state index contributed by atoms with van der Waals surface area (Å²) in [4.78, 5) is 0. The molecule has 0 radical (unpaired) electrons. The molecule has 2 nitrogen and oxygen atoms in total. The maximum absolute atomic E-state index is 4.78. The Labute approximate surface area is 139 Å². The third-order valence-electron chi connectivity index (χ3n) is 4.76. The van der Waals surface area contributed by atoms with Gasteiger partial charge in [-0.2, -0.15) is 5.10 Å². The van der Waals surface area contributed by atoms with Crippen LogP contribution in [0.4, 0.5) is 0 Å². The largest absolute Gasteiger partial charge is 0.263 e. The fourth-order valence-electron chi connectivity index (χ4n) is 3.08. The van der Waals surface area contributed by atoms with Crippen LogP contribution in [0.1, 0.15) is 89.8 Å². The second-order valence-corrected chi connectivity index (χ2v) is 7.43. The van der Waals surface area contributed by atoms with E-state index in [1.54, 1.807) is 0 Å². The molecular weight excluding hydrogens is 324 g/mol. The second kappa shape index (κ2) is 8.97. The first kappa shape index (κ1) is 18.7. The third-order valence-corrected chi connectivity index (χ3v) is 5.51. The first-order valence-electron chi connectivity index (χ1n) is 8.68. The number of unbranched alkanes of at least 4 members (excludes halogenated alkanes) is 5. The molecule has 1 aromatic heterocycles. The van der Waals surface area contributed by atoms with E-state index in [1.165, 1.54) is 69.0 Å². The summed E-state index contributed by atoms with van der Waals surface area (Å²) in [5.74, 6) is 0. The molecule has 0 fully saturated rings. The van der Waals surface area contributed by atoms with Crippen LogP contribution in [0.25, 0.3) is 0 Å². The zero-order valence-electron chi connectivity index (χ0n) is 14.6. The van der Waals surface area contributed by atoms with Crippen molar-refractivity contribution < 1.29 is 0 Å². The van der Waals surface area contributed by atoms with Crippen LogP contribution >= 0.6 is 15.9 Å². The van der Waals surface area contributed by atoms with Gasteiger partial charge in [0.15, 0.2) is 0 Å². The summed E-state index contributed by atoms with van der Waals surface area (Å²) in [5, 5.41) is 4.78. The quantitative estimate of drug-likeness (QED) is 0.435. The molecule has 0 aliphatic carbocycles. The molecule has 0 amide bonds. The normalized spacial score (nSPS) is 14.4. The van der Waals surface area contributed by atoms with E-state index in [2.05, 4.69) is 55.2 Å². The van der Waals surface area contributed by atoms with Gasteiger partial charge < -0.3 is 0 Å². The predicted octanol–water partition coefficient (Wildman–Crippen LogP) is 6.53. The number of aromatic nitrogens is 2. The Morgan fingerprint density at radius 3 is 2.05 bits per heavy atom. The minimum absolute atomic E-state index is 0.170. The molecule has 21 heavy (non-hydrogen) atoms. The lowest BCUT2D eigenvalue weighted by Crippen LogP contribution is -2.32. The minimum Gasteiger partial charge on any atom is -0.263 e. The Morgan fingerprint density at radius 2 is 1.52 bits per heavy atom. The maximum Gasteiger partial charge on any atom is 0.131 e. The van der Waals surface area contributed by atoms with Crippen molar-refractivity contribution >= 4 is 15.9 Å². The van der Waals surface area contributed by atoms with E-state index in [1.807, 2.05) is 0 Å². The Balaban J connectivity index is 2.79. The molecule has 0 bridgehead atoms. The molecule has 1 aromatic rings. The molecule has 0 aliphatic heterocycles. The van der Waals surface area contributed by atoms with Gasteiger partial charge in [0, 0.05) is 11.3 Å². The first-order valence-corrected chi connectivity index (χ1v) is 9.47. The molecule has 1 rings (SSSR count).